The second-order valence-electron chi connectivity index (χ2n) is 4.47. The molecule has 0 saturated carbocycles. The fourth-order valence-corrected chi connectivity index (χ4v) is 1.92. The van der Waals surface area contributed by atoms with Crippen LogP contribution in [0, 0.1) is 0 Å². The molecular formula is C14H26N2. The quantitative estimate of drug-likeness (QED) is 0.467. The first-order valence-corrected chi connectivity index (χ1v) is 6.85. The normalized spacial score (nSPS) is 15.4. The molecule has 0 amide bonds. The van der Waals surface area contributed by atoms with E-state index in [-0.39, 0.29) is 0 Å². The maximum Gasteiger partial charge on any atom is 0.0964 e. The first-order chi connectivity index (χ1) is 7.93. The Kier molecular flexibility index (Phi) is 7.83. The van der Waals surface area contributed by atoms with Crippen LogP contribution in [0.3, 0.4) is 0 Å². The minimum atomic E-state index is 0.984. The molecule has 0 aliphatic carbocycles. The monoisotopic (exact) mass is 222 g/mol. The number of unbranched alkanes of at least 4 members (excludes halogenated alkanes) is 5. The molecule has 0 aromatic carbocycles. The Hall–Kier alpha value is -0.790. The summed E-state index contributed by atoms with van der Waals surface area (Å²) in [4.78, 5) is 4.40. The Morgan fingerprint density at radius 1 is 1.12 bits per heavy atom. The molecule has 0 radical (unpaired) electrons. The lowest BCUT2D eigenvalue weighted by Crippen LogP contribution is -2.17. The van der Waals surface area contributed by atoms with Crippen molar-refractivity contribution in [2.75, 3.05) is 13.1 Å². The molecule has 0 aromatic rings. The summed E-state index contributed by atoms with van der Waals surface area (Å²) in [5, 5.41) is 3.32. The molecule has 0 saturated heterocycles. The van der Waals surface area contributed by atoms with Crippen molar-refractivity contribution < 1.29 is 0 Å². The van der Waals surface area contributed by atoms with Gasteiger partial charge in [-0.2, -0.15) is 0 Å². The molecule has 2 nitrogen and oxygen atoms in total. The smallest absolute Gasteiger partial charge is 0.0964 e. The van der Waals surface area contributed by atoms with Crippen LogP contribution in [0.15, 0.2) is 17.1 Å². The molecular weight excluding hydrogens is 196 g/mol. The average Bonchev–Trinajstić information content (AvgIpc) is 2.80. The van der Waals surface area contributed by atoms with Crippen LogP contribution in [0.25, 0.3) is 0 Å². The van der Waals surface area contributed by atoms with Gasteiger partial charge in [-0.1, -0.05) is 38.3 Å². The van der Waals surface area contributed by atoms with Crippen LogP contribution in [0.5, 0.6) is 0 Å². The second kappa shape index (κ2) is 9.44. The average molecular weight is 222 g/mol. The highest BCUT2D eigenvalue weighted by molar-refractivity contribution is 5.83. The lowest BCUT2D eigenvalue weighted by atomic mass is 10.1. The molecule has 1 aliphatic heterocycles. The Morgan fingerprint density at radius 2 is 1.94 bits per heavy atom. The Balaban J connectivity index is 1.81. The maximum absolute atomic E-state index is 4.40. The summed E-state index contributed by atoms with van der Waals surface area (Å²) in [6, 6.07) is 0. The number of hydrogen-bond donors (Lipinski definition) is 1. The van der Waals surface area contributed by atoms with E-state index in [1.165, 1.54) is 50.8 Å². The van der Waals surface area contributed by atoms with Gasteiger partial charge in [0.15, 0.2) is 0 Å². The van der Waals surface area contributed by atoms with Gasteiger partial charge in [-0.05, 0) is 25.7 Å². The van der Waals surface area contributed by atoms with E-state index < -0.39 is 0 Å². The van der Waals surface area contributed by atoms with Crippen LogP contribution in [-0.4, -0.2) is 18.9 Å². The number of amidine groups is 1. The van der Waals surface area contributed by atoms with Gasteiger partial charge in [-0.25, -0.2) is 0 Å². The molecule has 1 heterocycles. The summed E-state index contributed by atoms with van der Waals surface area (Å²) in [6.07, 6.45) is 14.9. The molecule has 0 unspecified atom stereocenters. The maximum atomic E-state index is 4.40. The van der Waals surface area contributed by atoms with Gasteiger partial charge in [0, 0.05) is 13.0 Å². The Morgan fingerprint density at radius 3 is 2.69 bits per heavy atom. The van der Waals surface area contributed by atoms with Crippen LogP contribution in [-0.2, 0) is 0 Å². The zero-order chi connectivity index (χ0) is 11.5. The molecule has 1 N–H and O–H groups in total. The van der Waals surface area contributed by atoms with E-state index in [0.29, 0.717) is 0 Å². The number of aliphatic imine (C=N–C) groups is 1. The zero-order valence-corrected chi connectivity index (χ0v) is 10.7. The summed E-state index contributed by atoms with van der Waals surface area (Å²) >= 11 is 0. The van der Waals surface area contributed by atoms with Crippen LogP contribution < -0.4 is 5.32 Å². The van der Waals surface area contributed by atoms with Crippen LogP contribution in [0.1, 0.15) is 58.3 Å². The van der Waals surface area contributed by atoms with Crippen molar-refractivity contribution in [1.29, 1.82) is 0 Å². The standard InChI is InChI=1S/C14H26N2/c1-2-3-4-5-6-7-8-9-10-11-14-15-12-13-16-14/h4-5H,2-3,6-13H2,1H3,(H,15,16)/b5-4+. The molecule has 2 heteroatoms. The van der Waals surface area contributed by atoms with E-state index in [9.17, 15) is 0 Å². The van der Waals surface area contributed by atoms with Crippen molar-refractivity contribution in [3.05, 3.63) is 12.2 Å². The van der Waals surface area contributed by atoms with Crippen molar-refractivity contribution in [3.8, 4) is 0 Å². The number of nitrogens with zero attached hydrogens (tertiary/aromatic N) is 1. The molecule has 0 bridgehead atoms. The summed E-state index contributed by atoms with van der Waals surface area (Å²) in [5.41, 5.74) is 0. The van der Waals surface area contributed by atoms with E-state index >= 15 is 0 Å². The predicted octanol–water partition coefficient (Wildman–Crippen LogP) is 3.69. The fraction of sp³-hybridized carbons (Fsp3) is 0.786. The van der Waals surface area contributed by atoms with E-state index in [2.05, 4.69) is 29.4 Å². The van der Waals surface area contributed by atoms with Gasteiger partial charge in [0.25, 0.3) is 0 Å². The van der Waals surface area contributed by atoms with E-state index in [1.807, 2.05) is 0 Å². The van der Waals surface area contributed by atoms with Gasteiger partial charge in [0.05, 0.1) is 12.4 Å². The van der Waals surface area contributed by atoms with Crippen LogP contribution in [0.2, 0.25) is 0 Å². The predicted molar refractivity (Wildman–Crippen MR) is 72.1 cm³/mol. The lowest BCUT2D eigenvalue weighted by molar-refractivity contribution is 0.656. The summed E-state index contributed by atoms with van der Waals surface area (Å²) in [5.74, 6) is 1.24. The SMILES string of the molecule is CCC/C=C/CCCCCCC1=NCCN1. The minimum Gasteiger partial charge on any atom is -0.372 e. The third kappa shape index (κ3) is 6.65. The Labute approximate surface area is 100 Å². The molecule has 0 fully saturated rings. The van der Waals surface area contributed by atoms with E-state index in [4.69, 9.17) is 0 Å². The number of hydrogen-bond acceptors (Lipinski definition) is 2. The van der Waals surface area contributed by atoms with Gasteiger partial charge >= 0.3 is 0 Å². The van der Waals surface area contributed by atoms with Gasteiger partial charge in [0.2, 0.25) is 0 Å². The second-order valence-corrected chi connectivity index (χ2v) is 4.47. The summed E-state index contributed by atoms with van der Waals surface area (Å²) < 4.78 is 0. The number of rotatable bonds is 9. The van der Waals surface area contributed by atoms with Crippen molar-refractivity contribution in [1.82, 2.24) is 5.32 Å². The fourth-order valence-electron chi connectivity index (χ4n) is 1.92. The number of nitrogens with one attached hydrogen (secondary N) is 1. The van der Waals surface area contributed by atoms with E-state index in [0.717, 1.165) is 19.5 Å². The third-order valence-corrected chi connectivity index (χ3v) is 2.90. The highest BCUT2D eigenvalue weighted by Crippen LogP contribution is 2.07. The molecule has 1 rings (SSSR count). The zero-order valence-electron chi connectivity index (χ0n) is 10.7. The molecule has 1 aliphatic rings. The molecule has 92 valence electrons. The highest BCUT2D eigenvalue weighted by Gasteiger charge is 2.03. The van der Waals surface area contributed by atoms with Crippen LogP contribution >= 0.6 is 0 Å². The van der Waals surface area contributed by atoms with Crippen LogP contribution in [0.4, 0.5) is 0 Å². The molecule has 0 atom stereocenters. The number of allylic oxidation sites excluding steroid dienone is 2. The largest absolute Gasteiger partial charge is 0.372 e. The summed E-state index contributed by atoms with van der Waals surface area (Å²) in [6.45, 7) is 4.26. The highest BCUT2D eigenvalue weighted by atomic mass is 15.1. The van der Waals surface area contributed by atoms with Crippen molar-refractivity contribution in [3.63, 3.8) is 0 Å². The van der Waals surface area contributed by atoms with Crippen molar-refractivity contribution in [2.24, 2.45) is 4.99 Å². The minimum absolute atomic E-state index is 0.984. The van der Waals surface area contributed by atoms with Crippen molar-refractivity contribution >= 4 is 5.84 Å². The first-order valence-electron chi connectivity index (χ1n) is 6.85. The van der Waals surface area contributed by atoms with Gasteiger partial charge in [0.1, 0.15) is 0 Å². The van der Waals surface area contributed by atoms with E-state index in [1.54, 1.807) is 0 Å². The van der Waals surface area contributed by atoms with Gasteiger partial charge < -0.3 is 5.32 Å². The summed E-state index contributed by atoms with van der Waals surface area (Å²) in [7, 11) is 0. The molecule has 0 aromatic heterocycles. The molecule has 0 spiro atoms. The van der Waals surface area contributed by atoms with Crippen molar-refractivity contribution in [2.45, 2.75) is 58.3 Å². The molecule has 16 heavy (non-hydrogen) atoms. The van der Waals surface area contributed by atoms with Gasteiger partial charge in [-0.15, -0.1) is 0 Å². The third-order valence-electron chi connectivity index (χ3n) is 2.90. The van der Waals surface area contributed by atoms with Gasteiger partial charge in [-0.3, -0.25) is 4.99 Å². The Bertz CT molecular complexity index is 219. The topological polar surface area (TPSA) is 24.4 Å². The first kappa shape index (κ1) is 13.3. The lowest BCUT2D eigenvalue weighted by Gasteiger charge is -2.01.